The Morgan fingerprint density at radius 1 is 1.31 bits per heavy atom. The molecule has 13 heavy (non-hydrogen) atoms. The summed E-state index contributed by atoms with van der Waals surface area (Å²) in [4.78, 5) is 11.3. The molecule has 0 saturated heterocycles. The van der Waals surface area contributed by atoms with Crippen molar-refractivity contribution in [2.45, 2.75) is 47.0 Å². The summed E-state index contributed by atoms with van der Waals surface area (Å²) in [7, 11) is 0. The Morgan fingerprint density at radius 3 is 2.23 bits per heavy atom. The van der Waals surface area contributed by atoms with Gasteiger partial charge < -0.3 is 0 Å². The molecule has 0 amide bonds. The Balaban J connectivity index is 2.79. The van der Waals surface area contributed by atoms with Crippen molar-refractivity contribution in [3.8, 4) is 0 Å². The van der Waals surface area contributed by atoms with Gasteiger partial charge in [0.15, 0.2) is 0 Å². The first kappa shape index (κ1) is 11.0. The van der Waals surface area contributed by atoms with Gasteiger partial charge in [0.2, 0.25) is 5.24 Å². The summed E-state index contributed by atoms with van der Waals surface area (Å²) in [5.41, 5.74) is 0.0995. The van der Waals surface area contributed by atoms with Crippen molar-refractivity contribution in [1.82, 2.24) is 0 Å². The first-order valence-corrected chi connectivity index (χ1v) is 5.36. The summed E-state index contributed by atoms with van der Waals surface area (Å²) in [6.07, 6.45) is 3.14. The van der Waals surface area contributed by atoms with Crippen molar-refractivity contribution >= 4 is 16.8 Å². The van der Waals surface area contributed by atoms with Crippen LogP contribution in [0.3, 0.4) is 0 Å². The largest absolute Gasteiger partial charge is 0.281 e. The molecule has 0 N–H and O–H groups in total. The van der Waals surface area contributed by atoms with Crippen molar-refractivity contribution in [2.24, 2.45) is 16.7 Å². The predicted octanol–water partition coefficient (Wildman–Crippen LogP) is 3.60. The number of halogens is 1. The van der Waals surface area contributed by atoms with Gasteiger partial charge in [0, 0.05) is 5.41 Å². The third-order valence-electron chi connectivity index (χ3n) is 3.72. The topological polar surface area (TPSA) is 17.1 Å². The van der Waals surface area contributed by atoms with Crippen LogP contribution in [0.25, 0.3) is 0 Å². The molecule has 2 atom stereocenters. The number of carbonyl (C=O) groups is 1. The van der Waals surface area contributed by atoms with E-state index in [1.54, 1.807) is 0 Å². The van der Waals surface area contributed by atoms with Crippen LogP contribution in [0, 0.1) is 16.7 Å². The van der Waals surface area contributed by atoms with Gasteiger partial charge in [-0.3, -0.25) is 4.79 Å². The van der Waals surface area contributed by atoms with E-state index < -0.39 is 0 Å². The van der Waals surface area contributed by atoms with Crippen LogP contribution in [-0.2, 0) is 4.79 Å². The maximum absolute atomic E-state index is 11.3. The minimum atomic E-state index is -0.281. The second kappa shape index (κ2) is 3.27. The number of carbonyl (C=O) groups excluding carboxylic acids is 1. The zero-order valence-electron chi connectivity index (χ0n) is 8.98. The van der Waals surface area contributed by atoms with Gasteiger partial charge in [0.05, 0.1) is 0 Å². The normalized spacial score (nSPS) is 38.7. The first-order valence-electron chi connectivity index (χ1n) is 4.98. The first-order chi connectivity index (χ1) is 5.78. The molecule has 0 spiro atoms. The Kier molecular flexibility index (Phi) is 2.78. The maximum Gasteiger partial charge on any atom is 0.227 e. The van der Waals surface area contributed by atoms with Crippen LogP contribution in [0.4, 0.5) is 0 Å². The van der Waals surface area contributed by atoms with E-state index in [0.717, 1.165) is 19.3 Å². The number of hydrogen-bond donors (Lipinski definition) is 0. The van der Waals surface area contributed by atoms with Gasteiger partial charge in [-0.15, -0.1) is 0 Å². The van der Waals surface area contributed by atoms with Gasteiger partial charge in [-0.1, -0.05) is 27.7 Å². The van der Waals surface area contributed by atoms with E-state index in [1.165, 1.54) is 0 Å². The van der Waals surface area contributed by atoms with Crippen molar-refractivity contribution in [1.29, 1.82) is 0 Å². The van der Waals surface area contributed by atoms with Crippen molar-refractivity contribution < 1.29 is 4.79 Å². The van der Waals surface area contributed by atoms with E-state index in [2.05, 4.69) is 20.8 Å². The van der Waals surface area contributed by atoms with Gasteiger partial charge >= 0.3 is 0 Å². The second-order valence-electron chi connectivity index (χ2n) is 5.46. The lowest BCUT2D eigenvalue weighted by Gasteiger charge is -2.44. The average Bonchev–Trinajstić information content (AvgIpc) is 1.96. The van der Waals surface area contributed by atoms with E-state index in [-0.39, 0.29) is 10.7 Å². The molecule has 0 bridgehead atoms. The molecule has 1 nitrogen and oxygen atoms in total. The van der Waals surface area contributed by atoms with Crippen LogP contribution in [0.15, 0.2) is 0 Å². The summed E-state index contributed by atoms with van der Waals surface area (Å²) in [6.45, 7) is 8.67. The van der Waals surface area contributed by atoms with Gasteiger partial charge in [-0.05, 0) is 42.2 Å². The average molecular weight is 203 g/mol. The molecule has 1 rings (SSSR count). The van der Waals surface area contributed by atoms with Crippen LogP contribution in [0.5, 0.6) is 0 Å². The summed E-state index contributed by atoms with van der Waals surface area (Å²) < 4.78 is 0. The fraction of sp³-hybridized carbons (Fsp3) is 0.909. The monoisotopic (exact) mass is 202 g/mol. The maximum atomic E-state index is 11.3. The van der Waals surface area contributed by atoms with Crippen LogP contribution >= 0.6 is 11.6 Å². The van der Waals surface area contributed by atoms with Crippen LogP contribution < -0.4 is 0 Å². The van der Waals surface area contributed by atoms with Gasteiger partial charge in [-0.2, -0.15) is 0 Å². The van der Waals surface area contributed by atoms with E-state index in [4.69, 9.17) is 11.6 Å². The van der Waals surface area contributed by atoms with E-state index in [9.17, 15) is 4.79 Å². The minimum Gasteiger partial charge on any atom is -0.281 e. The zero-order chi connectivity index (χ0) is 10.3. The van der Waals surface area contributed by atoms with Crippen molar-refractivity contribution in [3.05, 3.63) is 0 Å². The quantitative estimate of drug-likeness (QED) is 0.594. The molecule has 2 heteroatoms. The molecule has 0 aromatic heterocycles. The minimum absolute atomic E-state index is 0.157. The van der Waals surface area contributed by atoms with Crippen LogP contribution in [0.2, 0.25) is 0 Å². The second-order valence-corrected chi connectivity index (χ2v) is 5.80. The molecule has 0 aromatic rings. The van der Waals surface area contributed by atoms with E-state index in [0.29, 0.717) is 11.3 Å². The molecular formula is C11H19ClO. The molecule has 1 aliphatic carbocycles. The smallest absolute Gasteiger partial charge is 0.227 e. The van der Waals surface area contributed by atoms with E-state index >= 15 is 0 Å². The van der Waals surface area contributed by atoms with Crippen LogP contribution in [0.1, 0.15) is 47.0 Å². The highest BCUT2D eigenvalue weighted by Crippen LogP contribution is 2.49. The molecule has 0 aliphatic heterocycles. The fourth-order valence-electron chi connectivity index (χ4n) is 2.29. The molecule has 0 radical (unpaired) electrons. The molecule has 0 unspecified atom stereocenters. The van der Waals surface area contributed by atoms with Crippen molar-refractivity contribution in [3.63, 3.8) is 0 Å². The third kappa shape index (κ3) is 2.07. The third-order valence-corrected chi connectivity index (χ3v) is 4.15. The molecule has 1 fully saturated rings. The predicted molar refractivity (Wildman–Crippen MR) is 55.8 cm³/mol. The Bertz CT molecular complexity index is 222. The number of rotatable bonds is 1. The molecule has 1 aliphatic rings. The SMILES string of the molecule is C[C@@H]1CC(C)(C)CC[C@@]1(C)C(=O)Cl. The molecular weight excluding hydrogens is 184 g/mol. The highest BCUT2D eigenvalue weighted by atomic mass is 35.5. The molecule has 76 valence electrons. The highest BCUT2D eigenvalue weighted by Gasteiger charge is 2.44. The molecule has 0 aromatic carbocycles. The van der Waals surface area contributed by atoms with Crippen molar-refractivity contribution in [2.75, 3.05) is 0 Å². The lowest BCUT2D eigenvalue weighted by molar-refractivity contribution is -0.125. The summed E-state index contributed by atoms with van der Waals surface area (Å²) >= 11 is 5.65. The summed E-state index contributed by atoms with van der Waals surface area (Å²) in [5.74, 6) is 0.404. The van der Waals surface area contributed by atoms with Gasteiger partial charge in [0.25, 0.3) is 0 Å². The number of hydrogen-bond acceptors (Lipinski definition) is 1. The fourth-order valence-corrected chi connectivity index (χ4v) is 2.57. The van der Waals surface area contributed by atoms with Gasteiger partial charge in [0.1, 0.15) is 0 Å². The van der Waals surface area contributed by atoms with E-state index in [1.807, 2.05) is 6.92 Å². The standard InChI is InChI=1S/C11H19ClO/c1-8-7-10(2,3)5-6-11(8,4)9(12)13/h8H,5-7H2,1-4H3/t8-,11-/m1/s1. The lowest BCUT2D eigenvalue weighted by atomic mass is 9.61. The Labute approximate surface area is 85.8 Å². The molecule has 1 saturated carbocycles. The summed E-state index contributed by atoms with van der Waals surface area (Å²) in [6, 6.07) is 0. The molecule has 0 heterocycles. The zero-order valence-corrected chi connectivity index (χ0v) is 9.74. The Morgan fingerprint density at radius 2 is 1.85 bits per heavy atom. The van der Waals surface area contributed by atoms with Gasteiger partial charge in [-0.25, -0.2) is 0 Å². The highest BCUT2D eigenvalue weighted by molar-refractivity contribution is 6.64. The Hall–Kier alpha value is -0.0400. The lowest BCUT2D eigenvalue weighted by Crippen LogP contribution is -2.40. The van der Waals surface area contributed by atoms with Crippen LogP contribution in [-0.4, -0.2) is 5.24 Å². The summed E-state index contributed by atoms with van der Waals surface area (Å²) in [5, 5.41) is -0.157.